The van der Waals surface area contributed by atoms with Gasteiger partial charge in [-0.25, -0.2) is 9.50 Å². The minimum Gasteiger partial charge on any atom is -0.506 e. The Morgan fingerprint density at radius 1 is 1.26 bits per heavy atom. The van der Waals surface area contributed by atoms with Crippen LogP contribution in [0.4, 0.5) is 0 Å². The zero-order chi connectivity index (χ0) is 13.2. The summed E-state index contributed by atoms with van der Waals surface area (Å²) in [5.74, 6) is 1.70. The third-order valence-electron chi connectivity index (χ3n) is 2.86. The van der Waals surface area contributed by atoms with Crippen LogP contribution in [0, 0.1) is 0 Å². The first-order chi connectivity index (χ1) is 9.24. The van der Waals surface area contributed by atoms with Crippen LogP contribution in [0.15, 0.2) is 42.6 Å². The van der Waals surface area contributed by atoms with Gasteiger partial charge >= 0.3 is 0 Å². The SMILES string of the molecule is COc1cccc(Cc2nc3ccc(O)cn3n2)c1. The van der Waals surface area contributed by atoms with Gasteiger partial charge in [0, 0.05) is 6.42 Å². The molecule has 2 aromatic heterocycles. The number of benzene rings is 1. The molecule has 1 aromatic carbocycles. The van der Waals surface area contributed by atoms with E-state index in [4.69, 9.17) is 4.74 Å². The van der Waals surface area contributed by atoms with E-state index in [0.29, 0.717) is 12.2 Å². The maximum atomic E-state index is 9.39. The molecule has 5 heteroatoms. The molecule has 3 rings (SSSR count). The molecule has 0 unspecified atom stereocenters. The summed E-state index contributed by atoms with van der Waals surface area (Å²) in [6.45, 7) is 0. The molecule has 0 atom stereocenters. The number of hydrogen-bond acceptors (Lipinski definition) is 4. The highest BCUT2D eigenvalue weighted by Crippen LogP contribution is 2.16. The Labute approximate surface area is 110 Å². The molecule has 0 aliphatic rings. The number of hydrogen-bond donors (Lipinski definition) is 1. The van der Waals surface area contributed by atoms with Gasteiger partial charge in [-0.15, -0.1) is 0 Å². The molecule has 0 aliphatic carbocycles. The zero-order valence-corrected chi connectivity index (χ0v) is 10.4. The minimum absolute atomic E-state index is 0.172. The number of ether oxygens (including phenoxy) is 1. The molecule has 0 saturated carbocycles. The van der Waals surface area contributed by atoms with Crippen molar-refractivity contribution in [3.05, 3.63) is 54.0 Å². The Bertz CT molecular complexity index is 722. The van der Waals surface area contributed by atoms with E-state index in [2.05, 4.69) is 10.1 Å². The lowest BCUT2D eigenvalue weighted by atomic mass is 10.1. The van der Waals surface area contributed by atoms with Crippen molar-refractivity contribution in [1.29, 1.82) is 0 Å². The van der Waals surface area contributed by atoms with Crippen LogP contribution in [-0.2, 0) is 6.42 Å². The third-order valence-corrected chi connectivity index (χ3v) is 2.86. The van der Waals surface area contributed by atoms with Gasteiger partial charge in [0.15, 0.2) is 11.5 Å². The van der Waals surface area contributed by atoms with Crippen molar-refractivity contribution in [3.63, 3.8) is 0 Å². The van der Waals surface area contributed by atoms with Crippen LogP contribution in [-0.4, -0.2) is 26.8 Å². The summed E-state index contributed by atoms with van der Waals surface area (Å²) in [5, 5.41) is 13.7. The van der Waals surface area contributed by atoms with E-state index in [1.807, 2.05) is 24.3 Å². The highest BCUT2D eigenvalue weighted by atomic mass is 16.5. The minimum atomic E-state index is 0.172. The summed E-state index contributed by atoms with van der Waals surface area (Å²) >= 11 is 0. The number of aromatic hydroxyl groups is 1. The zero-order valence-electron chi connectivity index (χ0n) is 10.4. The molecule has 0 amide bonds. The van der Waals surface area contributed by atoms with Gasteiger partial charge in [0.2, 0.25) is 0 Å². The van der Waals surface area contributed by atoms with E-state index in [9.17, 15) is 5.11 Å². The fourth-order valence-electron chi connectivity index (χ4n) is 1.96. The van der Waals surface area contributed by atoms with Crippen LogP contribution in [0.3, 0.4) is 0 Å². The largest absolute Gasteiger partial charge is 0.506 e. The van der Waals surface area contributed by atoms with Gasteiger partial charge < -0.3 is 9.84 Å². The summed E-state index contributed by atoms with van der Waals surface area (Å²) in [6, 6.07) is 11.1. The first kappa shape index (κ1) is 11.5. The molecule has 96 valence electrons. The highest BCUT2D eigenvalue weighted by molar-refractivity contribution is 5.41. The monoisotopic (exact) mass is 255 g/mol. The van der Waals surface area contributed by atoms with Crippen LogP contribution in [0.1, 0.15) is 11.4 Å². The first-order valence-electron chi connectivity index (χ1n) is 5.92. The molecule has 5 nitrogen and oxygen atoms in total. The summed E-state index contributed by atoms with van der Waals surface area (Å²) in [5.41, 5.74) is 1.80. The molecule has 3 aromatic rings. The standard InChI is InChI=1S/C14H13N3O2/c1-19-12-4-2-3-10(7-12)8-13-15-14-6-5-11(18)9-17(14)16-13/h2-7,9,18H,8H2,1H3. The van der Waals surface area contributed by atoms with E-state index in [1.165, 1.54) is 6.20 Å². The van der Waals surface area contributed by atoms with Gasteiger partial charge in [0.1, 0.15) is 11.5 Å². The van der Waals surface area contributed by atoms with Gasteiger partial charge in [-0.2, -0.15) is 5.10 Å². The molecule has 0 saturated heterocycles. The molecular weight excluding hydrogens is 242 g/mol. The van der Waals surface area contributed by atoms with Gasteiger partial charge in [-0.3, -0.25) is 0 Å². The van der Waals surface area contributed by atoms with E-state index >= 15 is 0 Å². The maximum absolute atomic E-state index is 9.39. The van der Waals surface area contributed by atoms with Crippen LogP contribution >= 0.6 is 0 Å². The molecule has 19 heavy (non-hydrogen) atoms. The van der Waals surface area contributed by atoms with Crippen LogP contribution in [0.25, 0.3) is 5.65 Å². The van der Waals surface area contributed by atoms with E-state index in [-0.39, 0.29) is 5.75 Å². The average molecular weight is 255 g/mol. The summed E-state index contributed by atoms with van der Waals surface area (Å²) in [6.07, 6.45) is 2.16. The molecule has 0 spiro atoms. The maximum Gasteiger partial charge on any atom is 0.156 e. The molecule has 2 heterocycles. The highest BCUT2D eigenvalue weighted by Gasteiger charge is 2.06. The number of pyridine rings is 1. The van der Waals surface area contributed by atoms with Crippen LogP contribution < -0.4 is 4.74 Å². The lowest BCUT2D eigenvalue weighted by Crippen LogP contribution is -1.93. The summed E-state index contributed by atoms with van der Waals surface area (Å²) in [7, 11) is 1.64. The Kier molecular flexibility index (Phi) is 2.79. The van der Waals surface area contributed by atoms with Crippen molar-refractivity contribution < 1.29 is 9.84 Å². The lowest BCUT2D eigenvalue weighted by molar-refractivity contribution is 0.414. The Morgan fingerprint density at radius 3 is 3.00 bits per heavy atom. The first-order valence-corrected chi connectivity index (χ1v) is 5.92. The van der Waals surface area contributed by atoms with Crippen molar-refractivity contribution in [2.24, 2.45) is 0 Å². The molecule has 1 N–H and O–H groups in total. The van der Waals surface area contributed by atoms with E-state index < -0.39 is 0 Å². The average Bonchev–Trinajstić information content (AvgIpc) is 2.80. The molecule has 0 radical (unpaired) electrons. The summed E-state index contributed by atoms with van der Waals surface area (Å²) < 4.78 is 6.76. The van der Waals surface area contributed by atoms with Crippen LogP contribution in [0.2, 0.25) is 0 Å². The predicted octanol–water partition coefficient (Wildman–Crippen LogP) is 2.03. The van der Waals surface area contributed by atoms with Crippen molar-refractivity contribution in [3.8, 4) is 11.5 Å². The van der Waals surface area contributed by atoms with Gasteiger partial charge in [0.25, 0.3) is 0 Å². The topological polar surface area (TPSA) is 59.7 Å². The van der Waals surface area contributed by atoms with Gasteiger partial charge in [-0.05, 0) is 29.8 Å². The normalized spacial score (nSPS) is 10.8. The van der Waals surface area contributed by atoms with E-state index in [0.717, 1.165) is 17.0 Å². The second-order valence-corrected chi connectivity index (χ2v) is 4.25. The van der Waals surface area contributed by atoms with Crippen molar-refractivity contribution in [1.82, 2.24) is 14.6 Å². The van der Waals surface area contributed by atoms with E-state index in [1.54, 1.807) is 23.8 Å². The summed E-state index contributed by atoms with van der Waals surface area (Å²) in [4.78, 5) is 4.40. The van der Waals surface area contributed by atoms with Crippen molar-refractivity contribution in [2.75, 3.05) is 7.11 Å². The fourth-order valence-corrected chi connectivity index (χ4v) is 1.96. The molecular formula is C14H13N3O2. The molecule has 0 fully saturated rings. The number of aromatic nitrogens is 3. The smallest absolute Gasteiger partial charge is 0.156 e. The second-order valence-electron chi connectivity index (χ2n) is 4.25. The van der Waals surface area contributed by atoms with Crippen molar-refractivity contribution >= 4 is 5.65 Å². The van der Waals surface area contributed by atoms with Gasteiger partial charge in [-0.1, -0.05) is 12.1 Å². The Balaban J connectivity index is 1.92. The molecule has 0 bridgehead atoms. The van der Waals surface area contributed by atoms with Crippen LogP contribution in [0.5, 0.6) is 11.5 Å². The quantitative estimate of drug-likeness (QED) is 0.778. The third kappa shape index (κ3) is 2.35. The fraction of sp³-hybridized carbons (Fsp3) is 0.143. The number of rotatable bonds is 3. The Hall–Kier alpha value is -2.56. The number of nitrogens with zero attached hydrogens (tertiary/aromatic N) is 3. The lowest BCUT2D eigenvalue weighted by Gasteiger charge is -2.01. The second kappa shape index (κ2) is 4.61. The number of fused-ring (bicyclic) bond motifs is 1. The molecule has 0 aliphatic heterocycles. The van der Waals surface area contributed by atoms with Crippen molar-refractivity contribution in [2.45, 2.75) is 6.42 Å². The Morgan fingerprint density at radius 2 is 2.16 bits per heavy atom. The van der Waals surface area contributed by atoms with Gasteiger partial charge in [0.05, 0.1) is 13.3 Å². The number of methoxy groups -OCH3 is 1. The predicted molar refractivity (Wildman–Crippen MR) is 70.5 cm³/mol.